The summed E-state index contributed by atoms with van der Waals surface area (Å²) in [4.78, 5) is 0. The van der Waals surface area contributed by atoms with Crippen LogP contribution in [0.3, 0.4) is 0 Å². The lowest BCUT2D eigenvalue weighted by Crippen LogP contribution is -2.36. The molecule has 0 spiro atoms. The fraction of sp³-hybridized carbons (Fsp3) is 0.786. The van der Waals surface area contributed by atoms with E-state index >= 15 is 0 Å². The number of nitrogens with one attached hydrogen (secondary N) is 1. The van der Waals surface area contributed by atoms with E-state index < -0.39 is 0 Å². The first kappa shape index (κ1) is 14.3. The molecule has 1 aliphatic heterocycles. The lowest BCUT2D eigenvalue weighted by Gasteiger charge is -2.31. The van der Waals surface area contributed by atoms with Crippen molar-refractivity contribution in [3.63, 3.8) is 0 Å². The van der Waals surface area contributed by atoms with Crippen LogP contribution in [0.15, 0.2) is 6.20 Å². The molecule has 0 radical (unpaired) electrons. The van der Waals surface area contributed by atoms with E-state index in [2.05, 4.69) is 24.3 Å². The molecule has 5 heteroatoms. The smallest absolute Gasteiger partial charge is 0.161 e. The Morgan fingerprint density at radius 2 is 2.26 bits per heavy atom. The second-order valence-corrected chi connectivity index (χ2v) is 5.31. The van der Waals surface area contributed by atoms with Gasteiger partial charge in [-0.15, -0.1) is 0 Å². The zero-order chi connectivity index (χ0) is 13.8. The van der Waals surface area contributed by atoms with Gasteiger partial charge in [0.1, 0.15) is 5.69 Å². The summed E-state index contributed by atoms with van der Waals surface area (Å²) in [6, 6.07) is 0.429. The van der Waals surface area contributed by atoms with Gasteiger partial charge in [0.25, 0.3) is 0 Å². The fourth-order valence-electron chi connectivity index (χ4n) is 2.75. The Morgan fingerprint density at radius 1 is 1.47 bits per heavy atom. The Morgan fingerprint density at radius 3 is 2.79 bits per heavy atom. The summed E-state index contributed by atoms with van der Waals surface area (Å²) in [6.45, 7) is 5.11. The third-order valence-electron chi connectivity index (χ3n) is 3.70. The lowest BCUT2D eigenvalue weighted by molar-refractivity contribution is -0.00905. The molecule has 1 saturated heterocycles. The van der Waals surface area contributed by atoms with Crippen LogP contribution in [0.25, 0.3) is 0 Å². The topological polar surface area (TPSA) is 48.3 Å². The van der Waals surface area contributed by atoms with Crippen molar-refractivity contribution in [1.29, 1.82) is 0 Å². The van der Waals surface area contributed by atoms with Crippen LogP contribution < -0.4 is 10.1 Å². The molecule has 2 atom stereocenters. The molecular formula is C14H25N3O2. The molecule has 1 fully saturated rings. The second kappa shape index (κ2) is 6.39. The molecule has 1 aliphatic rings. The van der Waals surface area contributed by atoms with Gasteiger partial charge in [-0.25, -0.2) is 0 Å². The molecule has 2 rings (SSSR count). The van der Waals surface area contributed by atoms with Gasteiger partial charge in [-0.2, -0.15) is 5.10 Å². The zero-order valence-corrected chi connectivity index (χ0v) is 12.3. The average Bonchev–Trinajstić information content (AvgIpc) is 2.85. The van der Waals surface area contributed by atoms with Gasteiger partial charge in [0.2, 0.25) is 0 Å². The maximum Gasteiger partial charge on any atom is 0.161 e. The van der Waals surface area contributed by atoms with Crippen LogP contribution >= 0.6 is 0 Å². The van der Waals surface area contributed by atoms with Crippen LogP contribution in [0.2, 0.25) is 0 Å². The Bertz CT molecular complexity index is 397. The third-order valence-corrected chi connectivity index (χ3v) is 3.70. The monoisotopic (exact) mass is 267 g/mol. The molecule has 2 heterocycles. The largest absolute Gasteiger partial charge is 0.493 e. The number of rotatable bonds is 5. The van der Waals surface area contributed by atoms with Crippen molar-refractivity contribution in [2.24, 2.45) is 0 Å². The minimum absolute atomic E-state index is 0.125. The summed E-state index contributed by atoms with van der Waals surface area (Å²) in [5.41, 5.74) is 1.09. The van der Waals surface area contributed by atoms with Gasteiger partial charge >= 0.3 is 0 Å². The lowest BCUT2D eigenvalue weighted by atomic mass is 9.99. The van der Waals surface area contributed by atoms with E-state index in [9.17, 15) is 0 Å². The highest BCUT2D eigenvalue weighted by Crippen LogP contribution is 2.33. The summed E-state index contributed by atoms with van der Waals surface area (Å²) in [5, 5.41) is 7.82. The first-order valence-electron chi connectivity index (χ1n) is 7.09. The zero-order valence-electron chi connectivity index (χ0n) is 12.3. The number of aromatic nitrogens is 2. The van der Waals surface area contributed by atoms with Crippen LogP contribution in [-0.4, -0.2) is 36.6 Å². The van der Waals surface area contributed by atoms with Crippen molar-refractivity contribution >= 4 is 0 Å². The second-order valence-electron chi connectivity index (χ2n) is 5.31. The van der Waals surface area contributed by atoms with Crippen molar-refractivity contribution < 1.29 is 9.47 Å². The van der Waals surface area contributed by atoms with E-state index in [-0.39, 0.29) is 12.1 Å². The van der Waals surface area contributed by atoms with Crippen LogP contribution in [-0.2, 0) is 4.74 Å². The highest BCUT2D eigenvalue weighted by molar-refractivity contribution is 5.29. The molecule has 0 aliphatic carbocycles. The van der Waals surface area contributed by atoms with Gasteiger partial charge in [0, 0.05) is 12.6 Å². The average molecular weight is 267 g/mol. The molecule has 1 N–H and O–H groups in total. The highest BCUT2D eigenvalue weighted by atomic mass is 16.5. The molecule has 1 aromatic rings. The number of hydrogen-bond donors (Lipinski definition) is 1. The molecule has 0 saturated carbocycles. The van der Waals surface area contributed by atoms with Gasteiger partial charge in [-0.05, 0) is 40.2 Å². The van der Waals surface area contributed by atoms with E-state index in [1.165, 1.54) is 6.42 Å². The van der Waals surface area contributed by atoms with E-state index in [4.69, 9.17) is 9.47 Å². The molecule has 2 unspecified atom stereocenters. The van der Waals surface area contributed by atoms with Crippen LogP contribution in [0, 0.1) is 0 Å². The van der Waals surface area contributed by atoms with E-state index in [0.29, 0.717) is 6.04 Å². The quantitative estimate of drug-likeness (QED) is 0.889. The van der Waals surface area contributed by atoms with E-state index in [1.54, 1.807) is 13.3 Å². The maximum atomic E-state index is 5.93. The highest BCUT2D eigenvalue weighted by Gasteiger charge is 2.31. The minimum Gasteiger partial charge on any atom is -0.493 e. The number of hydrogen-bond acceptors (Lipinski definition) is 4. The van der Waals surface area contributed by atoms with Gasteiger partial charge in [-0.3, -0.25) is 4.68 Å². The van der Waals surface area contributed by atoms with Crippen molar-refractivity contribution in [3.05, 3.63) is 11.9 Å². The Labute approximate surface area is 115 Å². The molecular weight excluding hydrogens is 242 g/mol. The van der Waals surface area contributed by atoms with Gasteiger partial charge < -0.3 is 14.8 Å². The Kier molecular flexibility index (Phi) is 4.82. The van der Waals surface area contributed by atoms with Crippen molar-refractivity contribution in [3.8, 4) is 5.75 Å². The Hall–Kier alpha value is -1.07. The summed E-state index contributed by atoms with van der Waals surface area (Å²) in [6.07, 6.45) is 5.46. The summed E-state index contributed by atoms with van der Waals surface area (Å²) >= 11 is 0. The van der Waals surface area contributed by atoms with Crippen molar-refractivity contribution in [1.82, 2.24) is 15.1 Å². The van der Waals surface area contributed by atoms with Crippen LogP contribution in [0.5, 0.6) is 5.75 Å². The number of ether oxygens (including phenoxy) is 2. The predicted molar refractivity (Wildman–Crippen MR) is 74.6 cm³/mol. The minimum atomic E-state index is 0.125. The number of nitrogens with zero attached hydrogens (tertiary/aromatic N) is 2. The molecule has 0 amide bonds. The van der Waals surface area contributed by atoms with Gasteiger partial charge in [0.05, 0.1) is 25.5 Å². The fourth-order valence-corrected chi connectivity index (χ4v) is 2.75. The number of likely N-dealkylation sites (N-methyl/N-ethyl adjacent to an activating group) is 1. The summed E-state index contributed by atoms with van der Waals surface area (Å²) < 4.78 is 13.4. The molecule has 0 bridgehead atoms. The standard InChI is InChI=1S/C14H25N3O2/c1-10(2)17-14(12(18-4)9-16-17)13(15-3)11-7-5-6-8-19-11/h9-11,13,15H,5-8H2,1-4H3. The first-order chi connectivity index (χ1) is 9.19. The van der Waals surface area contributed by atoms with Crippen LogP contribution in [0.1, 0.15) is 50.9 Å². The van der Waals surface area contributed by atoms with E-state index in [1.807, 2.05) is 11.7 Å². The van der Waals surface area contributed by atoms with Crippen LogP contribution in [0.4, 0.5) is 0 Å². The summed E-state index contributed by atoms with van der Waals surface area (Å²) in [7, 11) is 3.67. The molecule has 5 nitrogen and oxygen atoms in total. The normalized spacial score (nSPS) is 21.6. The van der Waals surface area contributed by atoms with E-state index in [0.717, 1.165) is 30.9 Å². The molecule has 108 valence electrons. The van der Waals surface area contributed by atoms with Gasteiger partial charge in [-0.1, -0.05) is 0 Å². The predicted octanol–water partition coefficient (Wildman–Crippen LogP) is 2.30. The molecule has 1 aromatic heterocycles. The molecule has 19 heavy (non-hydrogen) atoms. The van der Waals surface area contributed by atoms with Crippen molar-refractivity contribution in [2.45, 2.75) is 51.3 Å². The first-order valence-corrected chi connectivity index (χ1v) is 7.09. The SMILES string of the molecule is CNC(c1c(OC)cnn1C(C)C)C1CCCCO1. The third kappa shape index (κ3) is 2.92. The van der Waals surface area contributed by atoms with Gasteiger partial charge in [0.15, 0.2) is 5.75 Å². The molecule has 0 aromatic carbocycles. The Balaban J connectivity index is 2.32. The number of methoxy groups -OCH3 is 1. The van der Waals surface area contributed by atoms with Crippen molar-refractivity contribution in [2.75, 3.05) is 20.8 Å². The summed E-state index contributed by atoms with van der Waals surface area (Å²) in [5.74, 6) is 0.835. The maximum absolute atomic E-state index is 5.93.